The number of hydrogen-bond donors (Lipinski definition) is 1. The van der Waals surface area contributed by atoms with E-state index in [4.69, 9.17) is 4.74 Å². The Hall–Kier alpha value is -2.54. The molecule has 0 saturated carbocycles. The summed E-state index contributed by atoms with van der Waals surface area (Å²) in [5, 5.41) is 2.84. The fourth-order valence-corrected chi connectivity index (χ4v) is 2.81. The van der Waals surface area contributed by atoms with Crippen LogP contribution in [-0.2, 0) is 23.9 Å². The van der Waals surface area contributed by atoms with E-state index >= 15 is 0 Å². The monoisotopic (exact) mass is 394 g/mol. The van der Waals surface area contributed by atoms with E-state index in [1.807, 2.05) is 24.3 Å². The van der Waals surface area contributed by atoms with Gasteiger partial charge in [-0.2, -0.15) is 13.2 Å². The van der Waals surface area contributed by atoms with Crippen molar-refractivity contribution < 1.29 is 22.7 Å². The summed E-state index contributed by atoms with van der Waals surface area (Å²) in [5.41, 5.74) is 0.533. The molecule has 1 N–H and O–H groups in total. The molecule has 0 spiro atoms. The van der Waals surface area contributed by atoms with Gasteiger partial charge in [-0.3, -0.25) is 9.69 Å². The molecule has 0 radical (unpaired) electrons. The molecule has 1 atom stereocenters. The molecule has 0 aliphatic rings. The van der Waals surface area contributed by atoms with Crippen LogP contribution in [-0.4, -0.2) is 37.6 Å². The Bertz CT molecular complexity index is 776. The van der Waals surface area contributed by atoms with Crippen molar-refractivity contribution in [2.24, 2.45) is 0 Å². The Morgan fingerprint density at radius 2 is 1.79 bits per heavy atom. The highest BCUT2D eigenvalue weighted by atomic mass is 19.4. The molecule has 7 heteroatoms. The summed E-state index contributed by atoms with van der Waals surface area (Å²) < 4.78 is 44.5. The number of carbonyl (C=O) groups is 1. The second-order valence-corrected chi connectivity index (χ2v) is 6.64. The number of methoxy groups -OCH3 is 1. The number of carbonyl (C=O) groups excluding carboxylic acids is 1. The molecule has 0 aliphatic carbocycles. The van der Waals surface area contributed by atoms with E-state index in [2.05, 4.69) is 5.32 Å². The summed E-state index contributed by atoms with van der Waals surface area (Å²) in [6.45, 7) is 2.16. The van der Waals surface area contributed by atoms with Crippen molar-refractivity contribution in [2.45, 2.75) is 32.1 Å². The number of halogens is 3. The normalized spacial score (nSPS) is 12.7. The molecule has 2 aromatic rings. The van der Waals surface area contributed by atoms with Gasteiger partial charge in [-0.05, 0) is 49.7 Å². The quantitative estimate of drug-likeness (QED) is 0.739. The molecule has 0 aliphatic heterocycles. The fourth-order valence-electron chi connectivity index (χ4n) is 2.81. The second kappa shape index (κ2) is 9.59. The van der Waals surface area contributed by atoms with Gasteiger partial charge in [0, 0.05) is 13.1 Å². The molecule has 1 amide bonds. The van der Waals surface area contributed by atoms with Gasteiger partial charge in [0.25, 0.3) is 0 Å². The van der Waals surface area contributed by atoms with Crippen LogP contribution in [0.4, 0.5) is 13.2 Å². The average Bonchev–Trinajstić information content (AvgIpc) is 2.67. The number of nitrogens with zero attached hydrogens (tertiary/aromatic N) is 1. The lowest BCUT2D eigenvalue weighted by Crippen LogP contribution is -2.43. The average molecular weight is 394 g/mol. The maximum Gasteiger partial charge on any atom is 0.416 e. The highest BCUT2D eigenvalue weighted by Gasteiger charge is 2.33. The predicted molar refractivity (Wildman–Crippen MR) is 102 cm³/mol. The van der Waals surface area contributed by atoms with Gasteiger partial charge < -0.3 is 10.1 Å². The van der Waals surface area contributed by atoms with Crippen LogP contribution in [0.5, 0.6) is 5.75 Å². The van der Waals surface area contributed by atoms with Gasteiger partial charge in [0.1, 0.15) is 5.75 Å². The molecule has 152 valence electrons. The van der Waals surface area contributed by atoms with Crippen molar-refractivity contribution in [2.75, 3.05) is 20.7 Å². The van der Waals surface area contributed by atoms with E-state index in [1.54, 1.807) is 32.0 Å². The first-order valence-electron chi connectivity index (χ1n) is 8.98. The van der Waals surface area contributed by atoms with E-state index in [0.29, 0.717) is 13.0 Å². The Labute approximate surface area is 163 Å². The summed E-state index contributed by atoms with van der Waals surface area (Å²) in [5.74, 6) is 0.544. The minimum atomic E-state index is -4.42. The van der Waals surface area contributed by atoms with Gasteiger partial charge in [0.05, 0.1) is 18.7 Å². The topological polar surface area (TPSA) is 41.6 Å². The Morgan fingerprint density at radius 1 is 1.14 bits per heavy atom. The SMILES string of the molecule is COc1ccc(CCNC(=O)C(C)N(C)Cc2ccccc2C(F)(F)F)cc1. The number of nitrogens with one attached hydrogen (secondary N) is 1. The van der Waals surface area contributed by atoms with Crippen LogP contribution in [0, 0.1) is 0 Å². The zero-order valence-corrected chi connectivity index (χ0v) is 16.2. The lowest BCUT2D eigenvalue weighted by Gasteiger charge is -2.25. The van der Waals surface area contributed by atoms with Crippen LogP contribution in [0.2, 0.25) is 0 Å². The van der Waals surface area contributed by atoms with Gasteiger partial charge in [0.2, 0.25) is 5.91 Å². The zero-order chi connectivity index (χ0) is 20.7. The number of benzene rings is 2. The summed E-state index contributed by atoms with van der Waals surface area (Å²) in [6.07, 6.45) is -3.76. The first kappa shape index (κ1) is 21.8. The molecule has 0 saturated heterocycles. The van der Waals surface area contributed by atoms with E-state index in [0.717, 1.165) is 17.4 Å². The third kappa shape index (κ3) is 5.99. The highest BCUT2D eigenvalue weighted by Crippen LogP contribution is 2.32. The van der Waals surface area contributed by atoms with Gasteiger partial charge in [-0.15, -0.1) is 0 Å². The molecule has 4 nitrogen and oxygen atoms in total. The maximum absolute atomic E-state index is 13.1. The van der Waals surface area contributed by atoms with E-state index in [1.165, 1.54) is 12.1 Å². The van der Waals surface area contributed by atoms with Crippen molar-refractivity contribution in [1.29, 1.82) is 0 Å². The van der Waals surface area contributed by atoms with E-state index in [9.17, 15) is 18.0 Å². The van der Waals surface area contributed by atoms with Crippen LogP contribution in [0.25, 0.3) is 0 Å². The Kier molecular flexibility index (Phi) is 7.45. The molecule has 1 unspecified atom stereocenters. The predicted octanol–water partition coefficient (Wildman–Crippen LogP) is 3.89. The van der Waals surface area contributed by atoms with Gasteiger partial charge in [-0.25, -0.2) is 0 Å². The lowest BCUT2D eigenvalue weighted by molar-refractivity contribution is -0.138. The highest BCUT2D eigenvalue weighted by molar-refractivity contribution is 5.81. The number of amides is 1. The molecular weight excluding hydrogens is 369 g/mol. The van der Waals surface area contributed by atoms with Crippen LogP contribution in [0.15, 0.2) is 48.5 Å². The first-order chi connectivity index (χ1) is 13.2. The van der Waals surface area contributed by atoms with Gasteiger partial charge >= 0.3 is 6.18 Å². The summed E-state index contributed by atoms with van der Waals surface area (Å²) in [7, 11) is 3.24. The van der Waals surface area contributed by atoms with Gasteiger partial charge in [-0.1, -0.05) is 30.3 Å². The van der Waals surface area contributed by atoms with Crippen molar-refractivity contribution in [3.63, 3.8) is 0 Å². The lowest BCUT2D eigenvalue weighted by atomic mass is 10.1. The smallest absolute Gasteiger partial charge is 0.416 e. The molecule has 2 rings (SSSR count). The maximum atomic E-state index is 13.1. The number of hydrogen-bond acceptors (Lipinski definition) is 3. The number of rotatable bonds is 8. The second-order valence-electron chi connectivity index (χ2n) is 6.64. The molecular formula is C21H25F3N2O2. The molecule has 0 fully saturated rings. The number of ether oxygens (including phenoxy) is 1. The van der Waals surface area contributed by atoms with E-state index in [-0.39, 0.29) is 18.0 Å². The number of alkyl halides is 3. The van der Waals surface area contributed by atoms with Gasteiger partial charge in [0.15, 0.2) is 0 Å². The fraction of sp³-hybridized carbons (Fsp3) is 0.381. The van der Waals surface area contributed by atoms with Crippen LogP contribution >= 0.6 is 0 Å². The van der Waals surface area contributed by atoms with Crippen LogP contribution in [0.3, 0.4) is 0 Å². The zero-order valence-electron chi connectivity index (χ0n) is 16.2. The number of likely N-dealkylation sites (N-methyl/N-ethyl adjacent to an activating group) is 1. The van der Waals surface area contributed by atoms with E-state index < -0.39 is 17.8 Å². The first-order valence-corrected chi connectivity index (χ1v) is 8.98. The summed E-state index contributed by atoms with van der Waals surface area (Å²) in [6, 6.07) is 12.4. The summed E-state index contributed by atoms with van der Waals surface area (Å²) >= 11 is 0. The third-order valence-corrected chi connectivity index (χ3v) is 4.66. The third-order valence-electron chi connectivity index (χ3n) is 4.66. The molecule has 0 bridgehead atoms. The van der Waals surface area contributed by atoms with Crippen molar-refractivity contribution in [1.82, 2.24) is 10.2 Å². The largest absolute Gasteiger partial charge is 0.497 e. The van der Waals surface area contributed by atoms with Crippen molar-refractivity contribution in [3.05, 3.63) is 65.2 Å². The molecule has 0 heterocycles. The molecule has 0 aromatic heterocycles. The van der Waals surface area contributed by atoms with Crippen molar-refractivity contribution in [3.8, 4) is 5.75 Å². The Balaban J connectivity index is 1.88. The van der Waals surface area contributed by atoms with Crippen molar-refractivity contribution >= 4 is 5.91 Å². The van der Waals surface area contributed by atoms with Crippen LogP contribution < -0.4 is 10.1 Å². The Morgan fingerprint density at radius 3 is 2.39 bits per heavy atom. The minimum Gasteiger partial charge on any atom is -0.497 e. The van der Waals surface area contributed by atoms with Crippen LogP contribution in [0.1, 0.15) is 23.6 Å². The molecule has 28 heavy (non-hydrogen) atoms. The molecule has 2 aromatic carbocycles. The minimum absolute atomic E-state index is 0.0305. The summed E-state index contributed by atoms with van der Waals surface area (Å²) in [4.78, 5) is 14.0. The standard InChI is InChI=1S/C21H25F3N2O2/c1-15(20(27)25-13-12-16-8-10-18(28-3)11-9-16)26(2)14-17-6-4-5-7-19(17)21(22,23)24/h4-11,15H,12-14H2,1-3H3,(H,25,27).